The lowest BCUT2D eigenvalue weighted by Crippen LogP contribution is -2.52. The van der Waals surface area contributed by atoms with Gasteiger partial charge in [-0.25, -0.2) is 0 Å². The van der Waals surface area contributed by atoms with Gasteiger partial charge in [0.25, 0.3) is 0 Å². The molecule has 0 aliphatic carbocycles. The zero-order valence-corrected chi connectivity index (χ0v) is 11.0. The Morgan fingerprint density at radius 3 is 2.47 bits per heavy atom. The Bertz CT molecular complexity index is 361. The van der Waals surface area contributed by atoms with Gasteiger partial charge in [0.2, 0.25) is 0 Å². The molecule has 4 N–H and O–H groups in total. The van der Waals surface area contributed by atoms with Crippen molar-refractivity contribution in [2.45, 2.75) is 56.4 Å². The van der Waals surface area contributed by atoms with Crippen molar-refractivity contribution < 1.29 is 34.0 Å². The van der Waals surface area contributed by atoms with Gasteiger partial charge in [-0.3, -0.25) is 4.79 Å². The summed E-state index contributed by atoms with van der Waals surface area (Å²) in [6, 6.07) is -1.46. The highest BCUT2D eigenvalue weighted by Gasteiger charge is 2.58. The van der Waals surface area contributed by atoms with E-state index in [0.717, 1.165) is 0 Å². The lowest BCUT2D eigenvalue weighted by molar-refractivity contribution is -0.238. The number of ether oxygens (including phenoxy) is 4. The summed E-state index contributed by atoms with van der Waals surface area (Å²) in [5, 5.41) is 18.8. The smallest absolute Gasteiger partial charge is 0.323 e. The molecule has 8 nitrogen and oxygen atoms in total. The van der Waals surface area contributed by atoms with Gasteiger partial charge in [0.05, 0.1) is 0 Å². The summed E-state index contributed by atoms with van der Waals surface area (Å²) in [4.78, 5) is 10.8. The maximum atomic E-state index is 10.8. The lowest BCUT2D eigenvalue weighted by atomic mass is 10.0. The van der Waals surface area contributed by atoms with Crippen LogP contribution in [0.15, 0.2) is 0 Å². The van der Waals surface area contributed by atoms with Crippen LogP contribution in [-0.4, -0.2) is 65.8 Å². The molecule has 19 heavy (non-hydrogen) atoms. The number of methoxy groups -OCH3 is 1. The highest BCUT2D eigenvalue weighted by Crippen LogP contribution is 2.40. The first kappa shape index (κ1) is 14.6. The maximum Gasteiger partial charge on any atom is 0.323 e. The van der Waals surface area contributed by atoms with Crippen LogP contribution in [-0.2, 0) is 23.7 Å². The number of rotatable bonds is 4. The number of carboxylic acids is 1. The predicted octanol–water partition coefficient (Wildman–Crippen LogP) is -1.35. The van der Waals surface area contributed by atoms with Gasteiger partial charge in [-0.2, -0.15) is 0 Å². The van der Waals surface area contributed by atoms with Crippen LogP contribution in [0.5, 0.6) is 0 Å². The van der Waals surface area contributed by atoms with E-state index < -0.39 is 48.5 Å². The normalized spacial score (nSPS) is 39.8. The van der Waals surface area contributed by atoms with Crippen LogP contribution < -0.4 is 5.73 Å². The van der Waals surface area contributed by atoms with Crippen LogP contribution in [0.4, 0.5) is 0 Å². The minimum absolute atomic E-state index is 0.527. The van der Waals surface area contributed by atoms with Gasteiger partial charge in [0, 0.05) is 7.11 Å². The summed E-state index contributed by atoms with van der Waals surface area (Å²) in [5.41, 5.74) is 5.41. The second-order valence-corrected chi connectivity index (χ2v) is 5.12. The largest absolute Gasteiger partial charge is 0.480 e. The Morgan fingerprint density at radius 2 is 1.95 bits per heavy atom. The van der Waals surface area contributed by atoms with Crippen LogP contribution in [0.2, 0.25) is 0 Å². The van der Waals surface area contributed by atoms with Gasteiger partial charge in [0.1, 0.15) is 30.5 Å². The first-order valence-electron chi connectivity index (χ1n) is 5.97. The predicted molar refractivity (Wildman–Crippen MR) is 61.1 cm³/mol. The van der Waals surface area contributed by atoms with Crippen molar-refractivity contribution in [2.24, 2.45) is 5.73 Å². The van der Waals surface area contributed by atoms with Crippen LogP contribution in [0.1, 0.15) is 13.8 Å². The summed E-state index contributed by atoms with van der Waals surface area (Å²) < 4.78 is 21.8. The van der Waals surface area contributed by atoms with E-state index in [1.165, 1.54) is 7.11 Å². The van der Waals surface area contributed by atoms with Crippen molar-refractivity contribution in [3.8, 4) is 0 Å². The molecule has 0 aromatic heterocycles. The van der Waals surface area contributed by atoms with Crippen molar-refractivity contribution in [3.63, 3.8) is 0 Å². The molecule has 2 aliphatic heterocycles. The maximum absolute atomic E-state index is 10.8. The number of hydrogen-bond donors (Lipinski definition) is 3. The molecular weight excluding hydrogens is 258 g/mol. The van der Waals surface area contributed by atoms with Gasteiger partial charge in [-0.1, -0.05) is 0 Å². The average molecular weight is 277 g/mol. The van der Waals surface area contributed by atoms with Crippen molar-refractivity contribution in [1.29, 1.82) is 0 Å². The molecule has 2 heterocycles. The van der Waals surface area contributed by atoms with Gasteiger partial charge < -0.3 is 34.9 Å². The molecule has 0 aromatic rings. The Labute approximate surface area is 110 Å². The molecule has 0 radical (unpaired) electrons. The van der Waals surface area contributed by atoms with Crippen LogP contribution in [0.3, 0.4) is 0 Å². The number of fused-ring (bicyclic) bond motifs is 1. The molecule has 6 atom stereocenters. The van der Waals surface area contributed by atoms with E-state index in [-0.39, 0.29) is 0 Å². The third-order valence-corrected chi connectivity index (χ3v) is 3.27. The van der Waals surface area contributed by atoms with Crippen molar-refractivity contribution in [2.75, 3.05) is 7.11 Å². The minimum atomic E-state index is -1.46. The lowest BCUT2D eigenvalue weighted by Gasteiger charge is -2.27. The number of aliphatic hydroxyl groups excluding tert-OH is 1. The average Bonchev–Trinajstić information content (AvgIpc) is 2.79. The number of aliphatic carboxylic acids is 1. The molecular formula is C11H19NO7. The Balaban J connectivity index is 2.16. The van der Waals surface area contributed by atoms with E-state index in [1.807, 2.05) is 0 Å². The monoisotopic (exact) mass is 277 g/mol. The molecule has 0 unspecified atom stereocenters. The molecule has 0 amide bonds. The zero-order chi connectivity index (χ0) is 14.4. The van der Waals surface area contributed by atoms with E-state index in [1.54, 1.807) is 13.8 Å². The molecule has 2 rings (SSSR count). The number of carboxylic acid groups (broad SMARTS) is 1. The summed E-state index contributed by atoms with van der Waals surface area (Å²) >= 11 is 0. The van der Waals surface area contributed by atoms with Crippen molar-refractivity contribution in [3.05, 3.63) is 0 Å². The minimum Gasteiger partial charge on any atom is -0.480 e. The summed E-state index contributed by atoms with van der Waals surface area (Å²) in [7, 11) is 1.43. The van der Waals surface area contributed by atoms with Crippen molar-refractivity contribution >= 4 is 5.97 Å². The van der Waals surface area contributed by atoms with E-state index in [2.05, 4.69) is 0 Å². The third-order valence-electron chi connectivity index (χ3n) is 3.27. The van der Waals surface area contributed by atoms with Gasteiger partial charge in [0.15, 0.2) is 12.1 Å². The number of aliphatic hydroxyl groups is 1. The summed E-state index contributed by atoms with van der Waals surface area (Å²) in [6.45, 7) is 3.44. The van der Waals surface area contributed by atoms with Gasteiger partial charge in [-0.05, 0) is 13.8 Å². The number of nitrogens with two attached hydrogens (primary N) is 1. The van der Waals surface area contributed by atoms with Crippen LogP contribution in [0, 0.1) is 0 Å². The standard InChI is InChI=1S/C11H19NO7/c1-11(2)18-7-6(5(13)4(12)9(14)15)17-10(16-3)8(7)19-11/h4-8,10,13H,12H2,1-3H3,(H,14,15)/t4-,5+,6+,7+,8+,10+/m0/s1. The SMILES string of the molecule is CO[C@@H]1O[C@H]([C@H](O)[C@H](N)C(=O)O)[C@H]2OC(C)(C)O[C@@H]12. The molecule has 0 bridgehead atoms. The first-order chi connectivity index (χ1) is 8.76. The molecule has 2 fully saturated rings. The number of hydrogen-bond acceptors (Lipinski definition) is 7. The second kappa shape index (κ2) is 4.97. The Morgan fingerprint density at radius 1 is 1.37 bits per heavy atom. The quantitative estimate of drug-likeness (QED) is 0.577. The molecule has 0 spiro atoms. The molecule has 0 aromatic carbocycles. The topological polar surface area (TPSA) is 120 Å². The fourth-order valence-corrected chi connectivity index (χ4v) is 2.41. The molecule has 110 valence electrons. The highest BCUT2D eigenvalue weighted by atomic mass is 16.8. The van der Waals surface area contributed by atoms with E-state index in [9.17, 15) is 9.90 Å². The Hall–Kier alpha value is -0.770. The molecule has 0 saturated carbocycles. The highest BCUT2D eigenvalue weighted by molar-refractivity contribution is 5.74. The Kier molecular flexibility index (Phi) is 3.83. The fraction of sp³-hybridized carbons (Fsp3) is 0.909. The van der Waals surface area contributed by atoms with Crippen LogP contribution in [0.25, 0.3) is 0 Å². The summed E-state index contributed by atoms with van der Waals surface area (Å²) in [5.74, 6) is -2.16. The van der Waals surface area contributed by atoms with E-state index in [0.29, 0.717) is 0 Å². The van der Waals surface area contributed by atoms with Gasteiger partial charge >= 0.3 is 5.97 Å². The van der Waals surface area contributed by atoms with E-state index >= 15 is 0 Å². The van der Waals surface area contributed by atoms with E-state index in [4.69, 9.17) is 29.8 Å². The molecule has 2 saturated heterocycles. The van der Waals surface area contributed by atoms with Crippen molar-refractivity contribution in [1.82, 2.24) is 0 Å². The summed E-state index contributed by atoms with van der Waals surface area (Å²) in [6.07, 6.45) is -4.21. The first-order valence-corrected chi connectivity index (χ1v) is 5.97. The zero-order valence-electron chi connectivity index (χ0n) is 11.0. The molecule has 8 heteroatoms. The third kappa shape index (κ3) is 2.60. The second-order valence-electron chi connectivity index (χ2n) is 5.12. The number of carbonyl (C=O) groups is 1. The molecule has 2 aliphatic rings. The van der Waals surface area contributed by atoms with Gasteiger partial charge in [-0.15, -0.1) is 0 Å². The van der Waals surface area contributed by atoms with Crippen LogP contribution >= 0.6 is 0 Å². The fourth-order valence-electron chi connectivity index (χ4n) is 2.41.